The van der Waals surface area contributed by atoms with Crippen LogP contribution in [-0.4, -0.2) is 17.3 Å². The van der Waals surface area contributed by atoms with Crippen LogP contribution in [-0.2, 0) is 14.4 Å². The van der Waals surface area contributed by atoms with Crippen LogP contribution >= 0.6 is 0 Å². The Morgan fingerprint density at radius 1 is 1.33 bits per heavy atom. The van der Waals surface area contributed by atoms with E-state index in [2.05, 4.69) is 6.08 Å². The van der Waals surface area contributed by atoms with Gasteiger partial charge < -0.3 is 0 Å². The largest absolute Gasteiger partial charge is 0.294 e. The number of hydrogen-bond acceptors (Lipinski definition) is 3. The van der Waals surface area contributed by atoms with Gasteiger partial charge in [0.15, 0.2) is 5.78 Å². The second-order valence-corrected chi connectivity index (χ2v) is 5.24. The third-order valence-electron chi connectivity index (χ3n) is 3.27. The first-order valence-corrected chi connectivity index (χ1v) is 6.28. The molecule has 0 spiro atoms. The Morgan fingerprint density at radius 2 is 1.94 bits per heavy atom. The summed E-state index contributed by atoms with van der Waals surface area (Å²) in [6.45, 7) is 7.40. The first kappa shape index (κ1) is 14.6. The lowest BCUT2D eigenvalue weighted by molar-refractivity contribution is -0.142. The summed E-state index contributed by atoms with van der Waals surface area (Å²) in [4.78, 5) is 35.3. The van der Waals surface area contributed by atoms with Crippen molar-refractivity contribution in [3.63, 3.8) is 0 Å². The highest BCUT2D eigenvalue weighted by molar-refractivity contribution is 6.50. The highest BCUT2D eigenvalue weighted by Gasteiger charge is 2.38. The van der Waals surface area contributed by atoms with E-state index in [1.165, 1.54) is 18.6 Å². The molecular weight excluding hydrogens is 228 g/mol. The third-order valence-corrected chi connectivity index (χ3v) is 3.27. The van der Waals surface area contributed by atoms with E-state index in [0.29, 0.717) is 0 Å². The molecule has 0 saturated carbocycles. The van der Waals surface area contributed by atoms with Crippen molar-refractivity contribution in [1.82, 2.24) is 0 Å². The number of carbonyl (C=O) groups is 3. The van der Waals surface area contributed by atoms with E-state index in [9.17, 15) is 14.4 Å². The molecule has 3 nitrogen and oxygen atoms in total. The molecule has 18 heavy (non-hydrogen) atoms. The molecule has 0 amide bonds. The van der Waals surface area contributed by atoms with E-state index in [0.717, 1.165) is 12.8 Å². The van der Waals surface area contributed by atoms with Gasteiger partial charge in [-0.25, -0.2) is 0 Å². The van der Waals surface area contributed by atoms with Crippen LogP contribution in [0.3, 0.4) is 0 Å². The monoisotopic (exact) mass is 248 g/mol. The molecule has 0 saturated heterocycles. The highest BCUT2D eigenvalue weighted by Crippen LogP contribution is 2.25. The molecule has 0 fully saturated rings. The second-order valence-electron chi connectivity index (χ2n) is 5.24. The van der Waals surface area contributed by atoms with Gasteiger partial charge in [0.2, 0.25) is 11.6 Å². The summed E-state index contributed by atoms with van der Waals surface area (Å²) in [5, 5.41) is 0. The second kappa shape index (κ2) is 5.89. The standard InChI is InChI=1S/C15H20O3/c1-9(2)6-5-7-10(3)13-12(16)8-11(4)14(17)15(13)18/h6,8,10,13H,5,7H2,1-4H3. The van der Waals surface area contributed by atoms with Gasteiger partial charge in [-0.3, -0.25) is 14.4 Å². The van der Waals surface area contributed by atoms with E-state index in [1.807, 2.05) is 20.8 Å². The van der Waals surface area contributed by atoms with Gasteiger partial charge in [0, 0.05) is 5.57 Å². The maximum atomic E-state index is 11.9. The Hall–Kier alpha value is -1.51. The minimum atomic E-state index is -0.772. The van der Waals surface area contributed by atoms with Crippen molar-refractivity contribution in [1.29, 1.82) is 0 Å². The van der Waals surface area contributed by atoms with Crippen LogP contribution in [0.15, 0.2) is 23.3 Å². The molecule has 1 aliphatic rings. The van der Waals surface area contributed by atoms with Gasteiger partial charge in [-0.2, -0.15) is 0 Å². The van der Waals surface area contributed by atoms with Crippen LogP contribution in [0.1, 0.15) is 40.5 Å². The van der Waals surface area contributed by atoms with Crippen molar-refractivity contribution in [2.45, 2.75) is 40.5 Å². The van der Waals surface area contributed by atoms with Crippen LogP contribution in [0.25, 0.3) is 0 Å². The fourth-order valence-corrected chi connectivity index (χ4v) is 2.17. The predicted molar refractivity (Wildman–Crippen MR) is 70.1 cm³/mol. The number of hydrogen-bond donors (Lipinski definition) is 0. The molecule has 0 radical (unpaired) electrons. The summed E-state index contributed by atoms with van der Waals surface area (Å²) in [6, 6.07) is 0. The molecule has 0 heterocycles. The molecule has 1 rings (SSSR count). The molecule has 0 aliphatic heterocycles. The number of rotatable bonds is 4. The molecule has 2 atom stereocenters. The molecule has 0 aromatic rings. The quantitative estimate of drug-likeness (QED) is 0.436. The summed E-state index contributed by atoms with van der Waals surface area (Å²) in [5.74, 6) is -2.12. The Labute approximate surface area is 108 Å². The lowest BCUT2D eigenvalue weighted by Crippen LogP contribution is -2.38. The number of allylic oxidation sites excluding steroid dienone is 4. The molecule has 1 aliphatic carbocycles. The Kier molecular flexibility index (Phi) is 4.76. The normalized spacial score (nSPS) is 21.7. The van der Waals surface area contributed by atoms with E-state index in [4.69, 9.17) is 0 Å². The minimum absolute atomic E-state index is 0.0890. The van der Waals surface area contributed by atoms with E-state index in [-0.39, 0.29) is 17.3 Å². The van der Waals surface area contributed by atoms with Crippen molar-refractivity contribution in [3.05, 3.63) is 23.3 Å². The molecule has 2 unspecified atom stereocenters. The van der Waals surface area contributed by atoms with Gasteiger partial charge in [-0.05, 0) is 45.6 Å². The molecule has 0 N–H and O–H groups in total. The van der Waals surface area contributed by atoms with Crippen molar-refractivity contribution in [2.24, 2.45) is 11.8 Å². The molecule has 0 aromatic carbocycles. The van der Waals surface area contributed by atoms with Crippen molar-refractivity contribution < 1.29 is 14.4 Å². The first-order valence-electron chi connectivity index (χ1n) is 6.28. The average molecular weight is 248 g/mol. The summed E-state index contributed by atoms with van der Waals surface area (Å²) in [7, 11) is 0. The summed E-state index contributed by atoms with van der Waals surface area (Å²) >= 11 is 0. The fourth-order valence-electron chi connectivity index (χ4n) is 2.17. The van der Waals surface area contributed by atoms with Crippen molar-refractivity contribution in [2.75, 3.05) is 0 Å². The Balaban J connectivity index is 2.77. The summed E-state index contributed by atoms with van der Waals surface area (Å²) in [5.41, 5.74) is 1.48. The fraction of sp³-hybridized carbons (Fsp3) is 0.533. The Morgan fingerprint density at radius 3 is 2.50 bits per heavy atom. The topological polar surface area (TPSA) is 51.2 Å². The van der Waals surface area contributed by atoms with Crippen LogP contribution in [0.4, 0.5) is 0 Å². The van der Waals surface area contributed by atoms with Crippen molar-refractivity contribution >= 4 is 17.3 Å². The molecule has 98 valence electrons. The van der Waals surface area contributed by atoms with Crippen LogP contribution in [0.2, 0.25) is 0 Å². The molecule has 0 aromatic heterocycles. The maximum absolute atomic E-state index is 11.9. The molecule has 3 heteroatoms. The number of carbonyl (C=O) groups excluding carboxylic acids is 3. The lowest BCUT2D eigenvalue weighted by atomic mass is 9.77. The predicted octanol–water partition coefficient (Wildman–Crippen LogP) is 2.65. The highest BCUT2D eigenvalue weighted by atomic mass is 16.2. The van der Waals surface area contributed by atoms with Crippen LogP contribution in [0, 0.1) is 11.8 Å². The zero-order valence-electron chi connectivity index (χ0n) is 11.4. The van der Waals surface area contributed by atoms with E-state index >= 15 is 0 Å². The minimum Gasteiger partial charge on any atom is -0.294 e. The van der Waals surface area contributed by atoms with Gasteiger partial charge in [0.25, 0.3) is 0 Å². The van der Waals surface area contributed by atoms with Gasteiger partial charge in [-0.1, -0.05) is 18.6 Å². The van der Waals surface area contributed by atoms with Crippen LogP contribution < -0.4 is 0 Å². The first-order chi connectivity index (χ1) is 8.34. The Bertz CT molecular complexity index is 437. The van der Waals surface area contributed by atoms with Gasteiger partial charge in [0.05, 0.1) is 5.92 Å². The summed E-state index contributed by atoms with van der Waals surface area (Å²) in [6.07, 6.45) is 4.97. The zero-order chi connectivity index (χ0) is 13.9. The lowest BCUT2D eigenvalue weighted by Gasteiger charge is -2.22. The van der Waals surface area contributed by atoms with Gasteiger partial charge >= 0.3 is 0 Å². The van der Waals surface area contributed by atoms with Crippen molar-refractivity contribution in [3.8, 4) is 0 Å². The zero-order valence-corrected chi connectivity index (χ0v) is 11.4. The van der Waals surface area contributed by atoms with Gasteiger partial charge in [-0.15, -0.1) is 0 Å². The van der Waals surface area contributed by atoms with Gasteiger partial charge in [0.1, 0.15) is 0 Å². The number of ketones is 3. The number of Topliss-reactive ketones (excluding diaryl/α,β-unsaturated/α-hetero) is 2. The SMILES string of the molecule is CC(C)=CCCC(C)C1C(=O)C=C(C)C(=O)C1=O. The maximum Gasteiger partial charge on any atom is 0.225 e. The molecular formula is C15H20O3. The smallest absolute Gasteiger partial charge is 0.225 e. The molecule has 0 bridgehead atoms. The van der Waals surface area contributed by atoms with E-state index in [1.54, 1.807) is 0 Å². The van der Waals surface area contributed by atoms with Crippen LogP contribution in [0.5, 0.6) is 0 Å². The van der Waals surface area contributed by atoms with E-state index < -0.39 is 17.5 Å². The summed E-state index contributed by atoms with van der Waals surface area (Å²) < 4.78 is 0. The average Bonchev–Trinajstić information content (AvgIpc) is 2.25. The third kappa shape index (κ3) is 3.25.